The average Bonchev–Trinajstić information content (AvgIpc) is 3.01. The van der Waals surface area contributed by atoms with Gasteiger partial charge in [0.15, 0.2) is 6.61 Å². The van der Waals surface area contributed by atoms with E-state index in [2.05, 4.69) is 12.2 Å². The third-order valence-electron chi connectivity index (χ3n) is 3.65. The lowest BCUT2D eigenvalue weighted by Crippen LogP contribution is -2.28. The van der Waals surface area contributed by atoms with E-state index in [1.54, 1.807) is 0 Å². The maximum absolute atomic E-state index is 11.9. The first-order chi connectivity index (χ1) is 11.3. The molecule has 3 rings (SSSR count). The number of para-hydroxylation sites is 2. The summed E-state index contributed by atoms with van der Waals surface area (Å²) in [5, 5.41) is 3.84. The van der Waals surface area contributed by atoms with Crippen molar-refractivity contribution in [2.45, 2.75) is 19.9 Å². The van der Waals surface area contributed by atoms with Gasteiger partial charge in [-0.3, -0.25) is 4.79 Å². The van der Waals surface area contributed by atoms with E-state index in [-0.39, 0.29) is 12.5 Å². The summed E-state index contributed by atoms with van der Waals surface area (Å²) in [6.07, 6.45) is 0.872. The summed E-state index contributed by atoms with van der Waals surface area (Å²) in [4.78, 5) is 11.9. The van der Waals surface area contributed by atoms with Gasteiger partial charge in [-0.1, -0.05) is 43.3 Å². The molecule has 0 atom stereocenters. The van der Waals surface area contributed by atoms with Gasteiger partial charge >= 0.3 is 0 Å². The van der Waals surface area contributed by atoms with Gasteiger partial charge in [0, 0.05) is 5.39 Å². The molecule has 0 spiro atoms. The molecule has 0 aliphatic heterocycles. The molecule has 1 amide bonds. The Labute approximate surface area is 135 Å². The lowest BCUT2D eigenvalue weighted by Gasteiger charge is -2.10. The lowest BCUT2D eigenvalue weighted by atomic mass is 10.1. The van der Waals surface area contributed by atoms with Crippen LogP contribution in [0.4, 0.5) is 0 Å². The van der Waals surface area contributed by atoms with Crippen molar-refractivity contribution < 1.29 is 13.9 Å². The normalized spacial score (nSPS) is 10.7. The Hall–Kier alpha value is -2.75. The van der Waals surface area contributed by atoms with Crippen molar-refractivity contribution in [1.82, 2.24) is 5.32 Å². The summed E-state index contributed by atoms with van der Waals surface area (Å²) in [7, 11) is 0. The monoisotopic (exact) mass is 309 g/mol. The second-order valence-corrected chi connectivity index (χ2v) is 5.28. The standard InChI is InChI=1S/C19H19NO3/c1-2-14-7-3-5-9-17(14)22-13-19(21)20-12-16-11-15-8-4-6-10-18(15)23-16/h3-11H,2,12-13H2,1H3,(H,20,21). The molecule has 0 fully saturated rings. The van der Waals surface area contributed by atoms with Gasteiger partial charge in [-0.2, -0.15) is 0 Å². The van der Waals surface area contributed by atoms with Gasteiger partial charge < -0.3 is 14.5 Å². The Morgan fingerprint density at radius 3 is 2.74 bits per heavy atom. The van der Waals surface area contributed by atoms with Crippen LogP contribution < -0.4 is 10.1 Å². The minimum Gasteiger partial charge on any atom is -0.483 e. The predicted octanol–water partition coefficient (Wildman–Crippen LogP) is 3.69. The third-order valence-corrected chi connectivity index (χ3v) is 3.65. The zero-order valence-electron chi connectivity index (χ0n) is 13.0. The van der Waals surface area contributed by atoms with E-state index in [9.17, 15) is 4.79 Å². The highest BCUT2D eigenvalue weighted by Crippen LogP contribution is 2.19. The van der Waals surface area contributed by atoms with Crippen LogP contribution in [-0.2, 0) is 17.8 Å². The minimum absolute atomic E-state index is 0.00274. The summed E-state index contributed by atoms with van der Waals surface area (Å²) in [5.74, 6) is 1.32. The van der Waals surface area contributed by atoms with Gasteiger partial charge in [0.05, 0.1) is 6.54 Å². The Bertz CT molecular complexity index is 774. The number of ether oxygens (including phenoxy) is 1. The summed E-state index contributed by atoms with van der Waals surface area (Å²) in [6.45, 7) is 2.41. The van der Waals surface area contributed by atoms with Gasteiger partial charge in [-0.15, -0.1) is 0 Å². The number of carbonyl (C=O) groups is 1. The van der Waals surface area contributed by atoms with Crippen LogP contribution in [0.15, 0.2) is 59.0 Å². The highest BCUT2D eigenvalue weighted by Gasteiger charge is 2.08. The van der Waals surface area contributed by atoms with E-state index < -0.39 is 0 Å². The predicted molar refractivity (Wildman–Crippen MR) is 89.4 cm³/mol. The molecular formula is C19H19NO3. The fourth-order valence-electron chi connectivity index (χ4n) is 2.44. The fourth-order valence-corrected chi connectivity index (χ4v) is 2.44. The Morgan fingerprint density at radius 1 is 1.13 bits per heavy atom. The van der Waals surface area contributed by atoms with Crippen LogP contribution in [0.5, 0.6) is 5.75 Å². The molecule has 0 radical (unpaired) electrons. The number of benzene rings is 2. The van der Waals surface area contributed by atoms with Crippen molar-refractivity contribution in [2.75, 3.05) is 6.61 Å². The molecule has 2 aromatic carbocycles. The molecule has 0 saturated heterocycles. The molecule has 0 saturated carbocycles. The highest BCUT2D eigenvalue weighted by atomic mass is 16.5. The smallest absolute Gasteiger partial charge is 0.258 e. The maximum atomic E-state index is 11.9. The van der Waals surface area contributed by atoms with Crippen LogP contribution >= 0.6 is 0 Å². The number of nitrogens with one attached hydrogen (secondary N) is 1. The third kappa shape index (κ3) is 3.72. The first-order valence-corrected chi connectivity index (χ1v) is 7.71. The molecule has 0 unspecified atom stereocenters. The van der Waals surface area contributed by atoms with Crippen molar-refractivity contribution in [3.05, 3.63) is 65.9 Å². The molecule has 1 N–H and O–H groups in total. The van der Waals surface area contributed by atoms with Crippen molar-refractivity contribution in [2.24, 2.45) is 0 Å². The van der Waals surface area contributed by atoms with Crippen molar-refractivity contribution in [1.29, 1.82) is 0 Å². The van der Waals surface area contributed by atoms with Gasteiger partial charge in [0.25, 0.3) is 5.91 Å². The van der Waals surface area contributed by atoms with Crippen LogP contribution in [0.25, 0.3) is 11.0 Å². The van der Waals surface area contributed by atoms with Crippen molar-refractivity contribution >= 4 is 16.9 Å². The summed E-state index contributed by atoms with van der Waals surface area (Å²) in [5.41, 5.74) is 1.92. The topological polar surface area (TPSA) is 51.5 Å². The number of fused-ring (bicyclic) bond motifs is 1. The van der Waals surface area contributed by atoms with E-state index in [0.717, 1.165) is 34.5 Å². The van der Waals surface area contributed by atoms with Crippen LogP contribution in [0.1, 0.15) is 18.2 Å². The average molecular weight is 309 g/mol. The number of furan rings is 1. The van der Waals surface area contributed by atoms with Crippen molar-refractivity contribution in [3.8, 4) is 5.75 Å². The summed E-state index contributed by atoms with van der Waals surface area (Å²) < 4.78 is 11.3. The minimum atomic E-state index is -0.170. The van der Waals surface area contributed by atoms with Crippen LogP contribution in [0, 0.1) is 0 Å². The number of carbonyl (C=O) groups excluding carboxylic acids is 1. The molecule has 0 aliphatic carbocycles. The Kier molecular flexibility index (Phi) is 4.62. The first kappa shape index (κ1) is 15.2. The maximum Gasteiger partial charge on any atom is 0.258 e. The largest absolute Gasteiger partial charge is 0.483 e. The highest BCUT2D eigenvalue weighted by molar-refractivity contribution is 5.79. The van der Waals surface area contributed by atoms with E-state index in [4.69, 9.17) is 9.15 Å². The molecule has 0 aliphatic rings. The number of amides is 1. The quantitative estimate of drug-likeness (QED) is 0.755. The number of aryl methyl sites for hydroxylation is 1. The van der Waals surface area contributed by atoms with Crippen LogP contribution in [0.2, 0.25) is 0 Å². The molecule has 1 aromatic heterocycles. The molecule has 4 nitrogen and oxygen atoms in total. The first-order valence-electron chi connectivity index (χ1n) is 7.71. The van der Waals surface area contributed by atoms with E-state index >= 15 is 0 Å². The molecule has 1 heterocycles. The SMILES string of the molecule is CCc1ccccc1OCC(=O)NCc1cc2ccccc2o1. The molecule has 23 heavy (non-hydrogen) atoms. The van der Waals surface area contributed by atoms with Gasteiger partial charge in [-0.25, -0.2) is 0 Å². The van der Waals surface area contributed by atoms with Gasteiger partial charge in [-0.05, 0) is 30.2 Å². The van der Waals surface area contributed by atoms with E-state index in [1.807, 2.05) is 54.6 Å². The van der Waals surface area contributed by atoms with Crippen LogP contribution in [-0.4, -0.2) is 12.5 Å². The number of hydrogen-bond acceptors (Lipinski definition) is 3. The molecule has 4 heteroatoms. The summed E-state index contributed by atoms with van der Waals surface area (Å²) >= 11 is 0. The van der Waals surface area contributed by atoms with E-state index in [1.165, 1.54) is 0 Å². The second-order valence-electron chi connectivity index (χ2n) is 5.28. The van der Waals surface area contributed by atoms with E-state index in [0.29, 0.717) is 6.54 Å². The molecule has 0 bridgehead atoms. The molecule has 3 aromatic rings. The lowest BCUT2D eigenvalue weighted by molar-refractivity contribution is -0.123. The fraction of sp³-hybridized carbons (Fsp3) is 0.211. The van der Waals surface area contributed by atoms with Crippen molar-refractivity contribution in [3.63, 3.8) is 0 Å². The van der Waals surface area contributed by atoms with Gasteiger partial charge in [0.2, 0.25) is 0 Å². The zero-order valence-corrected chi connectivity index (χ0v) is 13.0. The second kappa shape index (κ2) is 7.01. The number of rotatable bonds is 6. The van der Waals surface area contributed by atoms with Crippen LogP contribution in [0.3, 0.4) is 0 Å². The summed E-state index contributed by atoms with van der Waals surface area (Å²) in [6, 6.07) is 17.5. The zero-order chi connectivity index (χ0) is 16.1. The number of hydrogen-bond donors (Lipinski definition) is 1. The molecule has 118 valence electrons. The Morgan fingerprint density at radius 2 is 1.91 bits per heavy atom. The van der Waals surface area contributed by atoms with Gasteiger partial charge in [0.1, 0.15) is 17.1 Å². The molecular weight excluding hydrogens is 290 g/mol. The Balaban J connectivity index is 1.53.